The largest absolute Gasteiger partial charge is 0.493 e. The molecule has 168 valence electrons. The first kappa shape index (κ1) is 22.3. The molecule has 10 heteroatoms. The minimum absolute atomic E-state index is 0.00463. The average Bonchev–Trinajstić information content (AvgIpc) is 2.82. The number of methoxy groups -OCH3 is 1. The molecule has 32 heavy (non-hydrogen) atoms. The van der Waals surface area contributed by atoms with Gasteiger partial charge < -0.3 is 14.2 Å². The lowest BCUT2D eigenvalue weighted by Gasteiger charge is -2.26. The van der Waals surface area contributed by atoms with E-state index in [0.717, 1.165) is 43.6 Å². The molecule has 4 rings (SSSR count). The van der Waals surface area contributed by atoms with Crippen LogP contribution in [0.2, 0.25) is 0 Å². The van der Waals surface area contributed by atoms with Gasteiger partial charge in [0.2, 0.25) is 0 Å². The summed E-state index contributed by atoms with van der Waals surface area (Å²) < 4.78 is 31.4. The van der Waals surface area contributed by atoms with Crippen molar-refractivity contribution in [3.63, 3.8) is 0 Å². The first-order chi connectivity index (χ1) is 15.6. The minimum Gasteiger partial charge on any atom is -0.493 e. The Morgan fingerprint density at radius 1 is 1.22 bits per heavy atom. The summed E-state index contributed by atoms with van der Waals surface area (Å²) in [6, 6.07) is 8.75. The van der Waals surface area contributed by atoms with Gasteiger partial charge in [-0.3, -0.25) is 9.88 Å². The second-order valence-corrected chi connectivity index (χ2v) is 7.36. The van der Waals surface area contributed by atoms with E-state index in [9.17, 15) is 9.74 Å². The van der Waals surface area contributed by atoms with Crippen LogP contribution in [0.5, 0.6) is 11.5 Å². The van der Waals surface area contributed by atoms with Crippen molar-refractivity contribution in [2.75, 3.05) is 57.9 Å². The number of halogens is 2. The number of nitrogens with zero attached hydrogens (tertiary/aromatic N) is 4. The van der Waals surface area contributed by atoms with Gasteiger partial charge in [0.15, 0.2) is 17.6 Å². The minimum atomic E-state index is -0.406. The molecule has 0 atom stereocenters. The molecular formula is C22H22ClFN4O4. The van der Waals surface area contributed by atoms with Gasteiger partial charge in [-0.15, -0.1) is 0 Å². The van der Waals surface area contributed by atoms with E-state index in [1.54, 1.807) is 19.2 Å². The number of ether oxygens (including phenoxy) is 3. The quantitative estimate of drug-likeness (QED) is 0.217. The normalized spacial score (nSPS) is 14.4. The van der Waals surface area contributed by atoms with E-state index in [4.69, 9.17) is 30.6 Å². The molecule has 0 unspecified atom stereocenters. The number of pyridine rings is 1. The molecule has 2 heterocycles. The summed E-state index contributed by atoms with van der Waals surface area (Å²) in [5.74, 6) is 1.16. The van der Waals surface area contributed by atoms with E-state index in [1.807, 2.05) is 18.2 Å². The number of aromatic nitrogens is 1. The van der Waals surface area contributed by atoms with Gasteiger partial charge in [-0.05, 0) is 35.0 Å². The molecule has 0 radical (unpaired) electrons. The molecule has 1 fully saturated rings. The van der Waals surface area contributed by atoms with Crippen LogP contribution >= 0.6 is 11.6 Å². The fourth-order valence-electron chi connectivity index (χ4n) is 3.69. The molecule has 1 saturated heterocycles. The van der Waals surface area contributed by atoms with E-state index in [0.29, 0.717) is 29.0 Å². The van der Waals surface area contributed by atoms with Gasteiger partial charge in [0.05, 0.1) is 31.4 Å². The summed E-state index contributed by atoms with van der Waals surface area (Å²) in [5.41, 5.74) is 0.473. The Balaban J connectivity index is 1.70. The van der Waals surface area contributed by atoms with Crippen LogP contribution < -0.4 is 14.8 Å². The van der Waals surface area contributed by atoms with Crippen LogP contribution in [0.1, 0.15) is 5.56 Å². The van der Waals surface area contributed by atoms with Gasteiger partial charge in [-0.2, -0.15) is 5.26 Å². The van der Waals surface area contributed by atoms with Crippen molar-refractivity contribution in [1.29, 1.82) is 5.26 Å². The Labute approximate surface area is 189 Å². The zero-order chi connectivity index (χ0) is 22.5. The Bertz CT molecular complexity index is 1150. The molecular weight excluding hydrogens is 439 g/mol. The number of nitriles is 1. The van der Waals surface area contributed by atoms with Crippen molar-refractivity contribution < 1.29 is 23.5 Å². The first-order valence-corrected chi connectivity index (χ1v) is 10.6. The maximum absolute atomic E-state index is 14.5. The molecule has 0 amide bonds. The number of morpholine rings is 1. The van der Waals surface area contributed by atoms with Crippen LogP contribution in [0.4, 0.5) is 10.2 Å². The second-order valence-electron chi connectivity index (χ2n) is 7.14. The fraction of sp³-hybridized carbons (Fsp3) is 0.364. The van der Waals surface area contributed by atoms with Crippen molar-refractivity contribution >= 4 is 39.0 Å². The highest BCUT2D eigenvalue weighted by molar-refractivity contribution is 6.17. The third-order valence-corrected chi connectivity index (χ3v) is 5.41. The number of alkyl halides is 1. The summed E-state index contributed by atoms with van der Waals surface area (Å²) in [6.45, 7) is 4.48. The molecule has 2 aromatic carbocycles. The van der Waals surface area contributed by atoms with Gasteiger partial charge in [-0.1, -0.05) is 21.4 Å². The lowest BCUT2D eigenvalue weighted by molar-refractivity contribution is 0.0321. The Morgan fingerprint density at radius 2 is 1.97 bits per heavy atom. The van der Waals surface area contributed by atoms with E-state index >= 15 is 0 Å². The average molecular weight is 461 g/mol. The Hall–Kier alpha value is -2.90. The number of hydrogen-bond donors (Lipinski definition) is 0. The number of rotatable bonds is 8. The smallest absolute Gasteiger partial charge is 0.161 e. The third kappa shape index (κ3) is 4.64. The highest BCUT2D eigenvalue weighted by atomic mass is 35.5. The van der Waals surface area contributed by atoms with Gasteiger partial charge in [0, 0.05) is 31.2 Å². The maximum Gasteiger partial charge on any atom is 0.161 e. The van der Waals surface area contributed by atoms with Crippen molar-refractivity contribution in [3.8, 4) is 17.6 Å². The van der Waals surface area contributed by atoms with Gasteiger partial charge in [0.1, 0.15) is 18.4 Å². The lowest BCUT2D eigenvalue weighted by atomic mass is 10.0. The maximum atomic E-state index is 14.5. The highest BCUT2D eigenvalue weighted by Crippen LogP contribution is 2.37. The predicted molar refractivity (Wildman–Crippen MR) is 119 cm³/mol. The van der Waals surface area contributed by atoms with E-state index in [1.165, 1.54) is 6.20 Å². The molecule has 1 aliphatic heterocycles. The van der Waals surface area contributed by atoms with Crippen LogP contribution in [0.3, 0.4) is 0 Å². The van der Waals surface area contributed by atoms with Gasteiger partial charge in [-0.25, -0.2) is 4.84 Å². The number of benzene rings is 2. The van der Waals surface area contributed by atoms with Crippen molar-refractivity contribution in [3.05, 3.63) is 36.0 Å². The third-order valence-electron chi connectivity index (χ3n) is 5.31. The molecule has 0 N–H and O–H groups in total. The zero-order valence-electron chi connectivity index (χ0n) is 17.5. The molecule has 0 saturated carbocycles. The van der Waals surface area contributed by atoms with Crippen molar-refractivity contribution in [2.45, 2.75) is 0 Å². The lowest BCUT2D eigenvalue weighted by Crippen LogP contribution is -2.38. The molecule has 1 aliphatic rings. The Morgan fingerprint density at radius 3 is 2.69 bits per heavy atom. The topological polar surface area (TPSA) is 80.1 Å². The van der Waals surface area contributed by atoms with E-state index < -0.39 is 6.07 Å². The highest BCUT2D eigenvalue weighted by Gasteiger charge is 2.19. The number of fused-ring (bicyclic) bond motifs is 2. The fourth-order valence-corrected chi connectivity index (χ4v) is 3.78. The molecule has 1 aromatic heterocycles. The molecule has 0 aliphatic carbocycles. The van der Waals surface area contributed by atoms with Crippen LogP contribution in [-0.4, -0.2) is 62.5 Å². The summed E-state index contributed by atoms with van der Waals surface area (Å²) in [7, 11) is 1.58. The molecule has 3 aromatic rings. The summed E-state index contributed by atoms with van der Waals surface area (Å²) >= 11 is 5.50. The summed E-state index contributed by atoms with van der Waals surface area (Å²) in [5, 5.41) is 11.4. The first-order valence-electron chi connectivity index (χ1n) is 10.1. The zero-order valence-corrected chi connectivity index (χ0v) is 18.3. The Kier molecular flexibility index (Phi) is 7.07. The second kappa shape index (κ2) is 10.1. The molecule has 8 nitrogen and oxygen atoms in total. The number of anilines is 1. The van der Waals surface area contributed by atoms with E-state index in [-0.39, 0.29) is 16.5 Å². The summed E-state index contributed by atoms with van der Waals surface area (Å²) in [4.78, 5) is 11.3. The van der Waals surface area contributed by atoms with Crippen molar-refractivity contribution in [2.24, 2.45) is 0 Å². The summed E-state index contributed by atoms with van der Waals surface area (Å²) in [6.07, 6.45) is 1.30. The van der Waals surface area contributed by atoms with Crippen LogP contribution in [0, 0.1) is 11.3 Å². The predicted octanol–water partition coefficient (Wildman–Crippen LogP) is 3.80. The number of hydrogen-bond acceptors (Lipinski definition) is 8. The SMILES string of the molecule is COc1cc2cc3ncc(C#N)c(N(F)OCCl)c3cc2cc1OCCN1CCOCC1. The standard InChI is InChI=1S/C22H22ClFN4O4/c1-29-20-10-16-9-19-18(22(28(24)32-14-23)17(12-25)13-26-19)8-15(16)11-21(20)31-7-4-27-2-5-30-6-3-27/h8-11,13H,2-7,14H2,1H3. The monoisotopic (exact) mass is 460 g/mol. The van der Waals surface area contributed by atoms with Gasteiger partial charge >= 0.3 is 0 Å². The van der Waals surface area contributed by atoms with Crippen molar-refractivity contribution in [1.82, 2.24) is 9.88 Å². The van der Waals surface area contributed by atoms with Gasteiger partial charge in [0.25, 0.3) is 0 Å². The molecule has 0 bridgehead atoms. The molecule has 0 spiro atoms. The van der Waals surface area contributed by atoms with Crippen LogP contribution in [0.15, 0.2) is 30.5 Å². The van der Waals surface area contributed by atoms with Crippen LogP contribution in [-0.2, 0) is 9.57 Å². The van der Waals surface area contributed by atoms with Crippen LogP contribution in [0.25, 0.3) is 21.7 Å². The van der Waals surface area contributed by atoms with E-state index in [2.05, 4.69) is 9.88 Å².